The van der Waals surface area contributed by atoms with Gasteiger partial charge in [-0.3, -0.25) is 14.2 Å². The Kier molecular flexibility index (Phi) is 34.3. The second-order valence-corrected chi connectivity index (χ2v) is 16.5. The molecule has 0 radical (unpaired) electrons. The summed E-state index contributed by atoms with van der Waals surface area (Å²) in [5.74, 6) is -0.862. The van der Waals surface area contributed by atoms with Crippen molar-refractivity contribution in [3.05, 3.63) is 48.6 Å². The Bertz CT molecular complexity index is 1050. The number of allylic oxidation sites excluding steroid dienone is 8. The van der Waals surface area contributed by atoms with Crippen LogP contribution in [-0.4, -0.2) is 70.0 Å². The number of hydrogen-bond donors (Lipinski definition) is 0. The minimum Gasteiger partial charge on any atom is -0.756 e. The molecule has 0 bridgehead atoms. The predicted molar refractivity (Wildman–Crippen MR) is 217 cm³/mol. The highest BCUT2D eigenvalue weighted by Gasteiger charge is 2.21. The average molecular weight is 768 g/mol. The number of carbonyl (C=O) groups is 2. The fourth-order valence-electron chi connectivity index (χ4n) is 5.43. The van der Waals surface area contributed by atoms with Crippen molar-refractivity contribution >= 4 is 19.8 Å². The third-order valence-corrected chi connectivity index (χ3v) is 9.67. The van der Waals surface area contributed by atoms with Crippen molar-refractivity contribution in [2.75, 3.05) is 47.5 Å². The van der Waals surface area contributed by atoms with E-state index in [1.165, 1.54) is 70.6 Å². The fourth-order valence-corrected chi connectivity index (χ4v) is 6.16. The van der Waals surface area contributed by atoms with Gasteiger partial charge >= 0.3 is 11.9 Å². The second kappa shape index (κ2) is 35.7. The van der Waals surface area contributed by atoms with Crippen molar-refractivity contribution in [3.63, 3.8) is 0 Å². The highest BCUT2D eigenvalue weighted by molar-refractivity contribution is 7.45. The van der Waals surface area contributed by atoms with Crippen LogP contribution in [0.1, 0.15) is 162 Å². The normalized spacial score (nSPS) is 14.2. The average Bonchev–Trinajstić information content (AvgIpc) is 3.10. The van der Waals surface area contributed by atoms with E-state index in [-0.39, 0.29) is 26.1 Å². The summed E-state index contributed by atoms with van der Waals surface area (Å²) in [6.45, 7) is 4.05. The molecule has 2 atom stereocenters. The topological polar surface area (TPSA) is 111 Å². The van der Waals surface area contributed by atoms with Crippen LogP contribution in [0, 0.1) is 0 Å². The van der Waals surface area contributed by atoms with Crippen LogP contribution in [0.25, 0.3) is 0 Å². The number of quaternary nitrogens is 1. The summed E-state index contributed by atoms with van der Waals surface area (Å²) in [5.41, 5.74) is 0. The Morgan fingerprint density at radius 2 is 1.08 bits per heavy atom. The molecule has 0 aromatic heterocycles. The molecule has 0 heterocycles. The molecule has 0 aromatic carbocycles. The quantitative estimate of drug-likeness (QED) is 0.0202. The first-order valence-corrected chi connectivity index (χ1v) is 22.4. The van der Waals surface area contributed by atoms with Gasteiger partial charge in [0.2, 0.25) is 0 Å². The smallest absolute Gasteiger partial charge is 0.306 e. The van der Waals surface area contributed by atoms with E-state index in [9.17, 15) is 19.0 Å². The molecule has 0 rings (SSSR count). The van der Waals surface area contributed by atoms with Crippen LogP contribution in [-0.2, 0) is 32.7 Å². The van der Waals surface area contributed by atoms with Crippen molar-refractivity contribution in [2.45, 2.75) is 168 Å². The Hall–Kier alpha value is -2.03. The third kappa shape index (κ3) is 39.5. The summed E-state index contributed by atoms with van der Waals surface area (Å²) in [6.07, 6.45) is 39.9. The zero-order valence-electron chi connectivity index (χ0n) is 34.4. The van der Waals surface area contributed by atoms with Crippen molar-refractivity contribution < 1.29 is 42.1 Å². The van der Waals surface area contributed by atoms with Gasteiger partial charge in [-0.25, -0.2) is 0 Å². The summed E-state index contributed by atoms with van der Waals surface area (Å²) in [4.78, 5) is 37.4. The van der Waals surface area contributed by atoms with E-state index in [1.54, 1.807) is 0 Å². The van der Waals surface area contributed by atoms with Crippen LogP contribution in [0.3, 0.4) is 0 Å². The van der Waals surface area contributed by atoms with E-state index in [0.29, 0.717) is 17.4 Å². The molecule has 53 heavy (non-hydrogen) atoms. The highest BCUT2D eigenvalue weighted by atomic mass is 31.2. The molecule has 0 saturated carbocycles. The molecule has 0 aromatic rings. The van der Waals surface area contributed by atoms with Gasteiger partial charge in [-0.2, -0.15) is 0 Å². The Morgan fingerprint density at radius 1 is 0.604 bits per heavy atom. The van der Waals surface area contributed by atoms with E-state index in [0.717, 1.165) is 57.8 Å². The van der Waals surface area contributed by atoms with Gasteiger partial charge in [-0.05, 0) is 32.1 Å². The predicted octanol–water partition coefficient (Wildman–Crippen LogP) is 10.9. The van der Waals surface area contributed by atoms with Gasteiger partial charge in [-0.15, -0.1) is 0 Å². The standard InChI is InChI=1S/C43H78NO8P/c1-6-8-10-12-14-16-18-20-22-24-26-28-30-32-34-36-43(46)52-41(40-51-53(47,48)50-38-37-44(3,4)5)39-49-42(45)35-33-31-29-27-25-23-21-19-17-15-13-11-9-7-2/h8,10,12,14,16,18,20,22,41H,6-7,9,11,13,15,17,19,21,23-40H2,1-5H3/b10-8+,14-12+,18-16+,22-20+/t41-/m1/s1. The molecule has 9 nitrogen and oxygen atoms in total. The molecular formula is C43H78NO8P. The van der Waals surface area contributed by atoms with Gasteiger partial charge in [0.05, 0.1) is 27.7 Å². The summed E-state index contributed by atoms with van der Waals surface area (Å²) >= 11 is 0. The fraction of sp³-hybridized carbons (Fsp3) is 0.767. The van der Waals surface area contributed by atoms with Crippen molar-refractivity contribution in [1.29, 1.82) is 0 Å². The lowest BCUT2D eigenvalue weighted by Crippen LogP contribution is -2.37. The molecule has 0 amide bonds. The van der Waals surface area contributed by atoms with Gasteiger partial charge in [0.15, 0.2) is 6.10 Å². The summed E-state index contributed by atoms with van der Waals surface area (Å²) in [7, 11) is 1.14. The highest BCUT2D eigenvalue weighted by Crippen LogP contribution is 2.38. The van der Waals surface area contributed by atoms with E-state index in [1.807, 2.05) is 51.5 Å². The monoisotopic (exact) mass is 768 g/mol. The summed E-state index contributed by atoms with van der Waals surface area (Å²) in [6, 6.07) is 0. The molecule has 1 unspecified atom stereocenters. The van der Waals surface area contributed by atoms with Crippen LogP contribution < -0.4 is 4.89 Å². The van der Waals surface area contributed by atoms with Gasteiger partial charge in [-0.1, -0.05) is 165 Å². The SMILES string of the molecule is CC/C=C/C=C/C=C/C=C/CCCCCCCC(=O)O[C@H](COC(=O)CCCCCCCCCCCCCCCC)COP(=O)([O-])OCC[N+](C)(C)C. The van der Waals surface area contributed by atoms with E-state index in [4.69, 9.17) is 18.5 Å². The van der Waals surface area contributed by atoms with Gasteiger partial charge < -0.3 is 27.9 Å². The van der Waals surface area contributed by atoms with Crippen molar-refractivity contribution in [3.8, 4) is 0 Å². The minimum atomic E-state index is -4.63. The first-order valence-electron chi connectivity index (χ1n) is 20.9. The number of hydrogen-bond acceptors (Lipinski definition) is 8. The molecule has 0 spiro atoms. The van der Waals surface area contributed by atoms with Gasteiger partial charge in [0.25, 0.3) is 7.82 Å². The lowest BCUT2D eigenvalue weighted by molar-refractivity contribution is -0.870. The van der Waals surface area contributed by atoms with E-state index >= 15 is 0 Å². The molecule has 0 saturated heterocycles. The van der Waals surface area contributed by atoms with E-state index in [2.05, 4.69) is 32.1 Å². The first kappa shape index (κ1) is 51.0. The minimum absolute atomic E-state index is 0.0367. The zero-order valence-corrected chi connectivity index (χ0v) is 35.3. The van der Waals surface area contributed by atoms with Crippen molar-refractivity contribution in [1.82, 2.24) is 0 Å². The lowest BCUT2D eigenvalue weighted by atomic mass is 10.0. The molecule has 10 heteroatoms. The number of esters is 2. The van der Waals surface area contributed by atoms with Crippen LogP contribution in [0.15, 0.2) is 48.6 Å². The summed E-state index contributed by atoms with van der Waals surface area (Å²) < 4.78 is 33.8. The van der Waals surface area contributed by atoms with Gasteiger partial charge in [0.1, 0.15) is 19.8 Å². The third-order valence-electron chi connectivity index (χ3n) is 8.71. The van der Waals surface area contributed by atoms with Crippen molar-refractivity contribution in [2.24, 2.45) is 0 Å². The van der Waals surface area contributed by atoms with Crippen LogP contribution in [0.4, 0.5) is 0 Å². The number of carbonyl (C=O) groups excluding carboxylic acids is 2. The molecule has 0 aliphatic rings. The number of phosphoric ester groups is 1. The Balaban J connectivity index is 4.43. The number of unbranched alkanes of at least 4 members (excludes halogenated alkanes) is 18. The molecule has 0 N–H and O–H groups in total. The summed E-state index contributed by atoms with van der Waals surface area (Å²) in [5, 5.41) is 0. The molecule has 0 aliphatic carbocycles. The number of nitrogens with zero attached hydrogens (tertiary/aromatic N) is 1. The first-order chi connectivity index (χ1) is 25.5. The number of rotatable bonds is 37. The Labute approximate surface area is 324 Å². The molecular weight excluding hydrogens is 689 g/mol. The van der Waals surface area contributed by atoms with E-state index < -0.39 is 32.5 Å². The zero-order chi connectivity index (χ0) is 39.3. The maximum absolute atomic E-state index is 12.6. The van der Waals surface area contributed by atoms with Crippen LogP contribution in [0.2, 0.25) is 0 Å². The lowest BCUT2D eigenvalue weighted by Gasteiger charge is -2.28. The number of ether oxygens (including phenoxy) is 2. The van der Waals surface area contributed by atoms with Crippen LogP contribution in [0.5, 0.6) is 0 Å². The number of likely N-dealkylation sites (N-methyl/N-ethyl adjacent to an activating group) is 1. The Morgan fingerprint density at radius 3 is 1.60 bits per heavy atom. The molecule has 0 aliphatic heterocycles. The van der Waals surface area contributed by atoms with Gasteiger partial charge in [0, 0.05) is 12.8 Å². The molecule has 0 fully saturated rings. The second-order valence-electron chi connectivity index (χ2n) is 15.1. The number of phosphoric acid groups is 1. The maximum Gasteiger partial charge on any atom is 0.306 e. The molecule has 308 valence electrons. The maximum atomic E-state index is 12.6. The van der Waals surface area contributed by atoms with Crippen LogP contribution >= 0.6 is 7.82 Å². The largest absolute Gasteiger partial charge is 0.756 e.